The highest BCUT2D eigenvalue weighted by molar-refractivity contribution is 5.40. The van der Waals surface area contributed by atoms with Gasteiger partial charge in [-0.3, -0.25) is 10.2 Å². The van der Waals surface area contributed by atoms with Crippen LogP contribution in [0.1, 0.15) is 6.92 Å². The lowest BCUT2D eigenvalue weighted by Crippen LogP contribution is -1.80. The van der Waals surface area contributed by atoms with Crippen molar-refractivity contribution in [2.45, 2.75) is 6.92 Å². The van der Waals surface area contributed by atoms with Gasteiger partial charge in [0.15, 0.2) is 6.40 Å². The molecule has 0 radical (unpaired) electrons. The highest BCUT2D eigenvalue weighted by Gasteiger charge is 1.57. The van der Waals surface area contributed by atoms with Crippen LogP contribution in [0.15, 0.2) is 0 Å². The zero-order valence-electron chi connectivity index (χ0n) is 4.63. The van der Waals surface area contributed by atoms with Gasteiger partial charge in [0.05, 0.1) is 6.61 Å². The van der Waals surface area contributed by atoms with Gasteiger partial charge in [0.2, 0.25) is 0 Å². The van der Waals surface area contributed by atoms with Crippen molar-refractivity contribution in [1.29, 1.82) is 5.41 Å². The summed E-state index contributed by atoms with van der Waals surface area (Å²) < 4.78 is 4.38. The van der Waals surface area contributed by atoms with Crippen LogP contribution in [0.4, 0.5) is 0 Å². The molecule has 0 spiro atoms. The first-order valence-electron chi connectivity index (χ1n) is 2.01. The largest absolute Gasteiger partial charge is 0.484 e. The van der Waals surface area contributed by atoms with E-state index in [2.05, 4.69) is 4.74 Å². The molecule has 0 aromatic heterocycles. The molecule has 0 unspecified atom stereocenters. The Morgan fingerprint density at radius 2 is 2.25 bits per heavy atom. The Morgan fingerprint density at radius 3 is 2.25 bits per heavy atom. The van der Waals surface area contributed by atoms with Gasteiger partial charge in [-0.25, -0.2) is 0 Å². The van der Waals surface area contributed by atoms with Crippen molar-refractivity contribution in [1.82, 2.24) is 0 Å². The van der Waals surface area contributed by atoms with Gasteiger partial charge in [-0.1, -0.05) is 0 Å². The van der Waals surface area contributed by atoms with Crippen LogP contribution in [0.3, 0.4) is 0 Å². The molecule has 0 amide bonds. The molecule has 0 bridgehead atoms. The highest BCUT2D eigenvalue weighted by Crippen LogP contribution is 1.56. The quantitative estimate of drug-likeness (QED) is 0.312. The predicted octanol–water partition coefficient (Wildman–Crippen LogP) is 0.331. The molecule has 0 aromatic carbocycles. The predicted molar refractivity (Wildman–Crippen MR) is 29.1 cm³/mol. The Balaban J connectivity index is 0. The number of carbonyl (C=O) groups is 1. The van der Waals surface area contributed by atoms with Crippen molar-refractivity contribution in [3.8, 4) is 0 Å². The minimum absolute atomic E-state index is 0.250. The average Bonchev–Trinajstić information content (AvgIpc) is 1.71. The molecule has 2 N–H and O–H groups in total. The molecule has 48 valence electrons. The second kappa shape index (κ2) is 16.8. The molecule has 4 heteroatoms. The van der Waals surface area contributed by atoms with Crippen LogP contribution in [-0.2, 0) is 9.53 Å². The fraction of sp³-hybridized carbons (Fsp3) is 0.500. The topological polar surface area (TPSA) is 70.4 Å². The third kappa shape index (κ3) is 86.8. The second-order valence-electron chi connectivity index (χ2n) is 0.679. The first-order valence-corrected chi connectivity index (χ1v) is 2.01. The zero-order chi connectivity index (χ0) is 6.83. The molecule has 0 atom stereocenters. The van der Waals surface area contributed by atoms with E-state index in [-0.39, 0.29) is 6.47 Å². The van der Waals surface area contributed by atoms with E-state index >= 15 is 0 Å². The van der Waals surface area contributed by atoms with Crippen molar-refractivity contribution in [3.05, 3.63) is 0 Å². The van der Waals surface area contributed by atoms with Crippen LogP contribution in [-0.4, -0.2) is 24.6 Å². The Morgan fingerprint density at radius 1 is 1.88 bits per heavy atom. The zero-order valence-corrected chi connectivity index (χ0v) is 4.63. The third-order valence-corrected chi connectivity index (χ3v) is 0.250. The lowest BCUT2D eigenvalue weighted by atomic mass is 10.9. The molecule has 0 aliphatic carbocycles. The van der Waals surface area contributed by atoms with E-state index in [9.17, 15) is 0 Å². The number of ether oxygens (including phenoxy) is 1. The fourth-order valence-corrected chi connectivity index (χ4v) is 0.0833. The molecular weight excluding hydrogens is 110 g/mol. The lowest BCUT2D eigenvalue weighted by Gasteiger charge is -1.82. The molecule has 0 saturated carbocycles. The van der Waals surface area contributed by atoms with Crippen LogP contribution in [0.5, 0.6) is 0 Å². The number of nitrogens with one attached hydrogen (secondary N) is 1. The van der Waals surface area contributed by atoms with E-state index < -0.39 is 0 Å². The summed E-state index contributed by atoms with van der Waals surface area (Å²) in [7, 11) is 0. The van der Waals surface area contributed by atoms with E-state index in [0.29, 0.717) is 6.61 Å². The van der Waals surface area contributed by atoms with Crippen LogP contribution in [0.2, 0.25) is 0 Å². The SMILES string of the molecule is CCOC=N.O=CO. The van der Waals surface area contributed by atoms with Gasteiger partial charge in [-0.15, -0.1) is 0 Å². The summed E-state index contributed by atoms with van der Waals surface area (Å²) in [5.74, 6) is 0. The van der Waals surface area contributed by atoms with E-state index in [4.69, 9.17) is 15.3 Å². The van der Waals surface area contributed by atoms with Crippen LogP contribution >= 0.6 is 0 Å². The van der Waals surface area contributed by atoms with Gasteiger partial charge in [0, 0.05) is 0 Å². The molecule has 0 fully saturated rings. The van der Waals surface area contributed by atoms with Gasteiger partial charge >= 0.3 is 0 Å². The first kappa shape index (κ1) is 10.0. The summed E-state index contributed by atoms with van der Waals surface area (Å²) in [6, 6.07) is 0. The van der Waals surface area contributed by atoms with Crippen molar-refractivity contribution in [3.63, 3.8) is 0 Å². The van der Waals surface area contributed by atoms with Crippen molar-refractivity contribution < 1.29 is 14.6 Å². The van der Waals surface area contributed by atoms with Gasteiger partial charge in [-0.2, -0.15) is 0 Å². The molecule has 8 heavy (non-hydrogen) atoms. The average molecular weight is 119 g/mol. The van der Waals surface area contributed by atoms with Crippen molar-refractivity contribution >= 4 is 12.9 Å². The summed E-state index contributed by atoms with van der Waals surface area (Å²) in [6.45, 7) is 2.19. The summed E-state index contributed by atoms with van der Waals surface area (Å²) in [6.07, 6.45) is 0.931. The fourth-order valence-electron chi connectivity index (χ4n) is 0.0833. The maximum Gasteiger partial charge on any atom is 0.290 e. The van der Waals surface area contributed by atoms with E-state index in [1.807, 2.05) is 6.92 Å². The number of hydrogen-bond donors (Lipinski definition) is 2. The third-order valence-electron chi connectivity index (χ3n) is 0.250. The Labute approximate surface area is 47.6 Å². The maximum atomic E-state index is 8.36. The first-order chi connectivity index (χ1) is 3.83. The molecule has 0 heterocycles. The number of carboxylic acid groups (broad SMARTS) is 1. The Bertz CT molecular complexity index is 55.2. The van der Waals surface area contributed by atoms with Gasteiger partial charge < -0.3 is 9.84 Å². The van der Waals surface area contributed by atoms with Gasteiger partial charge in [0.1, 0.15) is 0 Å². The Hall–Kier alpha value is -1.06. The van der Waals surface area contributed by atoms with Crippen LogP contribution < -0.4 is 0 Å². The second-order valence-corrected chi connectivity index (χ2v) is 0.679. The molecule has 0 rings (SSSR count). The van der Waals surface area contributed by atoms with Crippen molar-refractivity contribution in [2.75, 3.05) is 6.61 Å². The van der Waals surface area contributed by atoms with E-state index in [1.54, 1.807) is 0 Å². The van der Waals surface area contributed by atoms with Crippen LogP contribution in [0, 0.1) is 5.41 Å². The number of rotatable bonds is 2. The van der Waals surface area contributed by atoms with Crippen LogP contribution in [0.25, 0.3) is 0 Å². The maximum absolute atomic E-state index is 8.36. The van der Waals surface area contributed by atoms with E-state index in [1.165, 1.54) is 0 Å². The lowest BCUT2D eigenvalue weighted by molar-refractivity contribution is -0.122. The standard InChI is InChI=1S/C3H7NO.CH2O2/c1-2-5-3-4;2-1-3/h3-4H,2H2,1H3;1H,(H,2,3). The molecule has 0 aliphatic heterocycles. The monoisotopic (exact) mass is 119 g/mol. The summed E-state index contributed by atoms with van der Waals surface area (Å²) in [5, 5.41) is 13.1. The minimum Gasteiger partial charge on any atom is -0.484 e. The summed E-state index contributed by atoms with van der Waals surface area (Å²) in [4.78, 5) is 8.36. The molecule has 4 nitrogen and oxygen atoms in total. The molecular formula is C4H9NO3. The van der Waals surface area contributed by atoms with E-state index in [0.717, 1.165) is 6.40 Å². The summed E-state index contributed by atoms with van der Waals surface area (Å²) in [5.41, 5.74) is 0. The van der Waals surface area contributed by atoms with Gasteiger partial charge in [0.25, 0.3) is 6.47 Å². The van der Waals surface area contributed by atoms with Gasteiger partial charge in [-0.05, 0) is 6.92 Å². The molecule has 0 aliphatic rings. The smallest absolute Gasteiger partial charge is 0.290 e. The normalized spacial score (nSPS) is 5.62. The molecule has 0 saturated heterocycles. The summed E-state index contributed by atoms with van der Waals surface area (Å²) >= 11 is 0. The molecule has 0 aromatic rings. The number of hydrogen-bond acceptors (Lipinski definition) is 3. The highest BCUT2D eigenvalue weighted by atomic mass is 16.5. The minimum atomic E-state index is -0.250. The Kier molecular flexibility index (Phi) is 21.0. The van der Waals surface area contributed by atoms with Crippen molar-refractivity contribution in [2.24, 2.45) is 0 Å².